The number of piperidine rings is 1. The maximum atomic E-state index is 13.2. The van der Waals surface area contributed by atoms with Gasteiger partial charge in [-0.2, -0.15) is 21.1 Å². The van der Waals surface area contributed by atoms with Crippen molar-refractivity contribution in [1.29, 1.82) is 0 Å². The molecule has 0 spiro atoms. The van der Waals surface area contributed by atoms with E-state index in [4.69, 9.17) is 0 Å². The number of benzene rings is 2. The van der Waals surface area contributed by atoms with Crippen molar-refractivity contribution in [3.8, 4) is 0 Å². The van der Waals surface area contributed by atoms with Crippen molar-refractivity contribution >= 4 is 49.2 Å². The minimum atomic E-state index is -3.79. The van der Waals surface area contributed by atoms with E-state index in [0.29, 0.717) is 24.2 Å². The van der Waals surface area contributed by atoms with Gasteiger partial charge in [0.2, 0.25) is 10.0 Å². The molecule has 1 aromatic heterocycles. The summed E-state index contributed by atoms with van der Waals surface area (Å²) < 4.78 is 43.6. The molecule has 0 bridgehead atoms. The van der Waals surface area contributed by atoms with Crippen molar-refractivity contribution in [2.75, 3.05) is 25.1 Å². The number of sulfonamides is 1. The van der Waals surface area contributed by atoms with E-state index < -0.39 is 21.8 Å². The molecule has 1 unspecified atom stereocenters. The smallest absolute Gasteiger partial charge is 0.252 e. The predicted molar refractivity (Wildman–Crippen MR) is 127 cm³/mol. The standard InChI is InChI=1S/C22H24FN3O3S3/c1-30-14-13-26-19-6-2-3-7-20(19)31-22(26)24-21(27)16-5-4-12-25(15-16)32(28,29)18-10-8-17(23)9-11-18/h2-3,6-11,16H,4-5,12-15H2,1H3. The van der Waals surface area contributed by atoms with Gasteiger partial charge in [-0.25, -0.2) is 12.8 Å². The third kappa shape index (κ3) is 4.83. The highest BCUT2D eigenvalue weighted by atomic mass is 32.2. The highest BCUT2D eigenvalue weighted by Gasteiger charge is 2.33. The molecule has 2 heterocycles. The van der Waals surface area contributed by atoms with E-state index in [9.17, 15) is 17.6 Å². The first kappa shape index (κ1) is 23.2. The Morgan fingerprint density at radius 3 is 2.72 bits per heavy atom. The monoisotopic (exact) mass is 493 g/mol. The van der Waals surface area contributed by atoms with Gasteiger partial charge in [-0.05, 0) is 55.5 Å². The molecule has 0 N–H and O–H groups in total. The Morgan fingerprint density at radius 2 is 1.97 bits per heavy atom. The van der Waals surface area contributed by atoms with E-state index in [2.05, 4.69) is 9.56 Å². The molecular formula is C22H24FN3O3S3. The Labute approximate surface area is 194 Å². The van der Waals surface area contributed by atoms with Gasteiger partial charge in [-0.15, -0.1) is 0 Å². The number of aryl methyl sites for hydroxylation is 1. The van der Waals surface area contributed by atoms with Crippen molar-refractivity contribution in [3.63, 3.8) is 0 Å². The zero-order valence-electron chi connectivity index (χ0n) is 17.6. The number of aromatic nitrogens is 1. The van der Waals surface area contributed by atoms with Crippen LogP contribution in [0.5, 0.6) is 0 Å². The number of thioether (sulfide) groups is 1. The first-order valence-electron chi connectivity index (χ1n) is 10.3. The summed E-state index contributed by atoms with van der Waals surface area (Å²) in [5, 5.41) is 0. The highest BCUT2D eigenvalue weighted by Crippen LogP contribution is 2.25. The second kappa shape index (κ2) is 9.86. The molecule has 1 atom stereocenters. The van der Waals surface area contributed by atoms with Gasteiger partial charge in [0.15, 0.2) is 4.80 Å². The second-order valence-corrected chi connectivity index (χ2v) is 11.5. The maximum absolute atomic E-state index is 13.2. The highest BCUT2D eigenvalue weighted by molar-refractivity contribution is 7.98. The Morgan fingerprint density at radius 1 is 1.22 bits per heavy atom. The summed E-state index contributed by atoms with van der Waals surface area (Å²) in [4.78, 5) is 18.2. The van der Waals surface area contributed by atoms with Crippen molar-refractivity contribution < 1.29 is 17.6 Å². The molecular weight excluding hydrogens is 469 g/mol. The number of nitrogens with zero attached hydrogens (tertiary/aromatic N) is 3. The molecule has 0 saturated carbocycles. The van der Waals surface area contributed by atoms with Crippen LogP contribution in [0.15, 0.2) is 58.4 Å². The van der Waals surface area contributed by atoms with Crippen molar-refractivity contribution in [2.24, 2.45) is 10.9 Å². The van der Waals surface area contributed by atoms with Crippen LogP contribution < -0.4 is 4.80 Å². The van der Waals surface area contributed by atoms with E-state index in [-0.39, 0.29) is 17.3 Å². The molecule has 3 aromatic rings. The summed E-state index contributed by atoms with van der Waals surface area (Å²) in [5.41, 5.74) is 1.04. The SMILES string of the molecule is CSCCn1c(=NC(=O)C2CCCN(S(=O)(=O)c3ccc(F)cc3)C2)sc2ccccc21. The Kier molecular flexibility index (Phi) is 7.14. The summed E-state index contributed by atoms with van der Waals surface area (Å²) in [7, 11) is -3.79. The van der Waals surface area contributed by atoms with E-state index in [1.807, 2.05) is 30.5 Å². The van der Waals surface area contributed by atoms with Gasteiger partial charge in [-0.1, -0.05) is 23.5 Å². The first-order valence-corrected chi connectivity index (χ1v) is 14.0. The van der Waals surface area contributed by atoms with E-state index in [0.717, 1.165) is 34.6 Å². The normalized spacial score (nSPS) is 18.3. The van der Waals surface area contributed by atoms with Crippen LogP contribution in [0.1, 0.15) is 12.8 Å². The number of para-hydroxylation sites is 1. The molecule has 0 aliphatic carbocycles. The van der Waals surface area contributed by atoms with E-state index >= 15 is 0 Å². The largest absolute Gasteiger partial charge is 0.316 e. The van der Waals surface area contributed by atoms with Crippen LogP contribution in [0.3, 0.4) is 0 Å². The third-order valence-electron chi connectivity index (χ3n) is 5.50. The fraction of sp³-hybridized carbons (Fsp3) is 0.364. The van der Waals surface area contributed by atoms with Crippen LogP contribution in [-0.2, 0) is 21.4 Å². The molecule has 1 fully saturated rings. The van der Waals surface area contributed by atoms with Gasteiger partial charge in [0, 0.05) is 25.4 Å². The summed E-state index contributed by atoms with van der Waals surface area (Å²) in [6.45, 7) is 1.16. The average molecular weight is 494 g/mol. The van der Waals surface area contributed by atoms with Gasteiger partial charge in [0.05, 0.1) is 21.0 Å². The van der Waals surface area contributed by atoms with Crippen molar-refractivity contribution in [3.05, 3.63) is 59.1 Å². The van der Waals surface area contributed by atoms with Gasteiger partial charge in [0.25, 0.3) is 5.91 Å². The second-order valence-electron chi connectivity index (χ2n) is 7.60. The molecule has 32 heavy (non-hydrogen) atoms. The summed E-state index contributed by atoms with van der Waals surface area (Å²) in [6, 6.07) is 12.7. The number of amides is 1. The zero-order valence-corrected chi connectivity index (χ0v) is 20.1. The Balaban J connectivity index is 1.60. The molecule has 1 aliphatic heterocycles. The fourth-order valence-electron chi connectivity index (χ4n) is 3.81. The quantitative estimate of drug-likeness (QED) is 0.525. The molecule has 170 valence electrons. The topological polar surface area (TPSA) is 71.7 Å². The van der Waals surface area contributed by atoms with Crippen LogP contribution in [0.4, 0.5) is 4.39 Å². The number of thiazole rings is 1. The molecule has 0 radical (unpaired) electrons. The van der Waals surface area contributed by atoms with Crippen molar-refractivity contribution in [2.45, 2.75) is 24.3 Å². The van der Waals surface area contributed by atoms with Gasteiger partial charge in [0.1, 0.15) is 5.82 Å². The molecule has 1 amide bonds. The Hall–Kier alpha value is -2.01. The van der Waals surface area contributed by atoms with E-state index in [1.165, 1.54) is 27.8 Å². The lowest BCUT2D eigenvalue weighted by Crippen LogP contribution is -2.42. The number of halogens is 1. The lowest BCUT2D eigenvalue weighted by molar-refractivity contribution is -0.122. The zero-order chi connectivity index (χ0) is 22.7. The molecule has 1 saturated heterocycles. The summed E-state index contributed by atoms with van der Waals surface area (Å²) in [5.74, 6) is -0.394. The lowest BCUT2D eigenvalue weighted by Gasteiger charge is -2.30. The first-order chi connectivity index (χ1) is 15.4. The minimum Gasteiger partial charge on any atom is -0.316 e. The number of carbonyl (C=O) groups is 1. The summed E-state index contributed by atoms with van der Waals surface area (Å²) >= 11 is 3.20. The van der Waals surface area contributed by atoms with Crippen LogP contribution in [0, 0.1) is 11.7 Å². The number of hydrogen-bond acceptors (Lipinski definition) is 5. The number of hydrogen-bond donors (Lipinski definition) is 0. The molecule has 1 aliphatic rings. The van der Waals surface area contributed by atoms with E-state index in [1.54, 1.807) is 11.8 Å². The van der Waals surface area contributed by atoms with Crippen LogP contribution >= 0.6 is 23.1 Å². The Bertz CT molecular complexity index is 1280. The molecule has 10 heteroatoms. The van der Waals surface area contributed by atoms with Crippen LogP contribution in [0.2, 0.25) is 0 Å². The molecule has 2 aromatic carbocycles. The number of carbonyl (C=O) groups excluding carboxylic acids is 1. The van der Waals surface area contributed by atoms with Crippen molar-refractivity contribution in [1.82, 2.24) is 8.87 Å². The van der Waals surface area contributed by atoms with Gasteiger partial charge in [-0.3, -0.25) is 4.79 Å². The molecule has 6 nitrogen and oxygen atoms in total. The molecule has 4 rings (SSSR count). The van der Waals surface area contributed by atoms with Gasteiger partial charge >= 0.3 is 0 Å². The maximum Gasteiger partial charge on any atom is 0.252 e. The minimum absolute atomic E-state index is 0.0309. The number of fused-ring (bicyclic) bond motifs is 1. The third-order valence-corrected chi connectivity index (χ3v) is 9.03. The fourth-order valence-corrected chi connectivity index (χ4v) is 6.76. The van der Waals surface area contributed by atoms with Crippen LogP contribution in [-0.4, -0.2) is 48.3 Å². The van der Waals surface area contributed by atoms with Crippen LogP contribution in [0.25, 0.3) is 10.2 Å². The number of rotatable bonds is 6. The average Bonchev–Trinajstić information content (AvgIpc) is 3.14. The summed E-state index contributed by atoms with van der Waals surface area (Å²) in [6.07, 6.45) is 3.20. The predicted octanol–water partition coefficient (Wildman–Crippen LogP) is 3.73. The van der Waals surface area contributed by atoms with Gasteiger partial charge < -0.3 is 4.57 Å². The lowest BCUT2D eigenvalue weighted by atomic mass is 9.99.